The molecular formula is C31H51NaO14. The van der Waals surface area contributed by atoms with Crippen LogP contribution in [0.3, 0.4) is 0 Å². The normalized spacial score (nSPS) is 32.0. The third-order valence-corrected chi connectivity index (χ3v) is 8.77. The van der Waals surface area contributed by atoms with E-state index in [0.29, 0.717) is 25.7 Å². The zero-order valence-electron chi connectivity index (χ0n) is 29.3. The number of ketones is 6. The van der Waals surface area contributed by atoms with Crippen LogP contribution in [-0.2, 0) is 47.7 Å². The van der Waals surface area contributed by atoms with E-state index in [2.05, 4.69) is 0 Å². The van der Waals surface area contributed by atoms with E-state index < -0.39 is 53.5 Å². The van der Waals surface area contributed by atoms with Crippen molar-refractivity contribution in [2.75, 3.05) is 40.1 Å². The molecule has 4 N–H and O–H groups in total. The smallest absolute Gasteiger partial charge is 1.00 e. The van der Waals surface area contributed by atoms with Crippen LogP contribution < -0.4 is 29.6 Å². The fourth-order valence-corrected chi connectivity index (χ4v) is 5.65. The first-order chi connectivity index (χ1) is 20.9. The van der Waals surface area contributed by atoms with Gasteiger partial charge in [0.05, 0.1) is 38.6 Å². The minimum Gasteiger partial charge on any atom is -1.00 e. The van der Waals surface area contributed by atoms with Crippen molar-refractivity contribution >= 4 is 34.7 Å². The van der Waals surface area contributed by atoms with Crippen LogP contribution in [0.2, 0.25) is 0 Å². The van der Waals surface area contributed by atoms with Crippen molar-refractivity contribution in [3.8, 4) is 0 Å². The van der Waals surface area contributed by atoms with Gasteiger partial charge in [0.25, 0.3) is 0 Å². The molecule has 260 valence electrons. The summed E-state index contributed by atoms with van der Waals surface area (Å²) in [4.78, 5) is 66.7. The first-order valence-corrected chi connectivity index (χ1v) is 15.1. The van der Waals surface area contributed by atoms with Crippen LogP contribution in [0.15, 0.2) is 0 Å². The summed E-state index contributed by atoms with van der Waals surface area (Å²) in [6, 6.07) is 0. The third kappa shape index (κ3) is 12.0. The summed E-state index contributed by atoms with van der Waals surface area (Å²) in [5.74, 6) is -3.37. The summed E-state index contributed by atoms with van der Waals surface area (Å²) < 4.78 is 21.0. The van der Waals surface area contributed by atoms with Crippen molar-refractivity contribution in [1.82, 2.24) is 0 Å². The Morgan fingerprint density at radius 2 is 1.13 bits per heavy atom. The maximum Gasteiger partial charge on any atom is 1.00 e. The molecule has 0 bridgehead atoms. The van der Waals surface area contributed by atoms with Gasteiger partial charge >= 0.3 is 29.6 Å². The van der Waals surface area contributed by atoms with Crippen LogP contribution in [0.5, 0.6) is 0 Å². The molecule has 15 heteroatoms. The van der Waals surface area contributed by atoms with Gasteiger partial charge < -0.3 is 40.8 Å². The number of ether oxygens (including phenoxy) is 4. The first kappa shape index (κ1) is 44.7. The van der Waals surface area contributed by atoms with Crippen LogP contribution in [0, 0.1) is 35.5 Å². The predicted octanol–water partition coefficient (Wildman–Crippen LogP) is -3.76. The summed E-state index contributed by atoms with van der Waals surface area (Å²) >= 11 is 0. The summed E-state index contributed by atoms with van der Waals surface area (Å²) in [6.07, 6.45) is -5.79. The second-order valence-corrected chi connectivity index (χ2v) is 12.1. The molecule has 0 saturated carbocycles. The zero-order chi connectivity index (χ0) is 34.8. The Morgan fingerprint density at radius 1 is 0.739 bits per heavy atom. The predicted molar refractivity (Wildman–Crippen MR) is 158 cm³/mol. The molecule has 0 aliphatic carbocycles. The molecule has 0 aromatic heterocycles. The molecule has 14 nitrogen and oxygen atoms in total. The molecule has 3 heterocycles. The van der Waals surface area contributed by atoms with Crippen LogP contribution in [0.1, 0.15) is 49.9 Å². The van der Waals surface area contributed by atoms with E-state index in [-0.39, 0.29) is 91.6 Å². The molecule has 46 heavy (non-hydrogen) atoms. The van der Waals surface area contributed by atoms with Crippen LogP contribution >= 0.6 is 0 Å². The average molecular weight is 671 g/mol. The molecule has 3 fully saturated rings. The summed E-state index contributed by atoms with van der Waals surface area (Å²) in [5.41, 5.74) is 0. The first-order valence-electron chi connectivity index (χ1n) is 15.1. The number of carbonyl (C=O) groups is 6. The molecule has 6 unspecified atom stereocenters. The Labute approximate surface area is 293 Å². The van der Waals surface area contributed by atoms with Crippen LogP contribution in [0.25, 0.3) is 0 Å². The quantitative estimate of drug-likeness (QED) is 0.116. The largest absolute Gasteiger partial charge is 1.00 e. The summed E-state index contributed by atoms with van der Waals surface area (Å²) in [6.45, 7) is 12.7. The number of rotatable bonds is 12. The average Bonchev–Trinajstić information content (AvgIpc) is 3.67. The molecule has 0 aromatic carbocycles. The summed E-state index contributed by atoms with van der Waals surface area (Å²) in [7, 11) is 1.66. The standard InChI is InChI=1S/C12H20O4.C11H18O4.C8H12O6.Na.H/c1-7-10(5-15-4)6-16-12(7)8(2)11(14)9(3)13;1-6-9(4-12)5-15-11(6)7(2)10(14)8(3)13;1-3(9)5(11)7(13)8-6(12)4(10)2-14-8;;/h7-8,10,12H,5-6H2,1-4H3;6-7,9,11-12H,4-5H2,1-3H3;4,6-8,10,12-13H,2H2,1H3;;/q;;;+1;-1/t7-,8?,10+,12?;6-,7?,9+,11?;4-,6+,7?,8?;;/m001../s1. The van der Waals surface area contributed by atoms with E-state index in [0.717, 1.165) is 6.92 Å². The van der Waals surface area contributed by atoms with E-state index in [1.807, 2.05) is 13.8 Å². The number of carbonyl (C=O) groups excluding carboxylic acids is 6. The van der Waals surface area contributed by atoms with Gasteiger partial charge in [-0.2, -0.15) is 0 Å². The Hall–Kier alpha value is -1.30. The van der Waals surface area contributed by atoms with Gasteiger partial charge in [-0.25, -0.2) is 0 Å². The molecule has 3 aliphatic heterocycles. The van der Waals surface area contributed by atoms with Crippen LogP contribution in [-0.4, -0.2) is 132 Å². The molecule has 3 aliphatic rings. The second-order valence-electron chi connectivity index (χ2n) is 12.1. The van der Waals surface area contributed by atoms with Gasteiger partial charge in [-0.15, -0.1) is 0 Å². The van der Waals surface area contributed by atoms with Gasteiger partial charge in [-0.1, -0.05) is 27.7 Å². The molecule has 0 aromatic rings. The maximum absolute atomic E-state index is 11.6. The number of Topliss-reactive ketones (excluding diaryl/α,β-unsaturated/α-hetero) is 6. The van der Waals surface area contributed by atoms with Gasteiger partial charge in [0.2, 0.25) is 17.3 Å². The van der Waals surface area contributed by atoms with Gasteiger partial charge in [0.15, 0.2) is 17.3 Å². The fraction of sp³-hybridized carbons (Fsp3) is 0.806. The van der Waals surface area contributed by atoms with Crippen molar-refractivity contribution in [3.05, 3.63) is 0 Å². The zero-order valence-corrected chi connectivity index (χ0v) is 30.3. The molecule has 0 radical (unpaired) electrons. The second kappa shape index (κ2) is 20.9. The molecule has 0 amide bonds. The van der Waals surface area contributed by atoms with Crippen molar-refractivity contribution < 1.29 is 99.1 Å². The Morgan fingerprint density at radius 3 is 1.46 bits per heavy atom. The van der Waals surface area contributed by atoms with E-state index in [9.17, 15) is 39.0 Å². The minimum absolute atomic E-state index is 0. The third-order valence-electron chi connectivity index (χ3n) is 8.77. The molecule has 3 saturated heterocycles. The summed E-state index contributed by atoms with van der Waals surface area (Å²) in [5, 5.41) is 36.7. The number of aliphatic hydroxyl groups excluding tert-OH is 4. The number of hydrogen-bond acceptors (Lipinski definition) is 14. The van der Waals surface area contributed by atoms with Crippen molar-refractivity contribution in [3.63, 3.8) is 0 Å². The Kier molecular flexibility index (Phi) is 20.3. The van der Waals surface area contributed by atoms with Gasteiger partial charge in [0.1, 0.15) is 24.4 Å². The fourth-order valence-electron chi connectivity index (χ4n) is 5.65. The molecule has 12 atom stereocenters. The SMILES string of the molecule is CC(=O)C(=O)C(C)C1OC[C@@H](CO)[C@@H]1C.CC(=O)C(=O)C(O)C1OC[C@@H](O)[C@@H]1O.COC[C@@H]1COC(C(C)C(=O)C(C)=O)[C@H]1C.[H-].[Na+]. The van der Waals surface area contributed by atoms with Crippen molar-refractivity contribution in [2.45, 2.75) is 85.1 Å². The number of methoxy groups -OCH3 is 1. The monoisotopic (exact) mass is 670 g/mol. The van der Waals surface area contributed by atoms with Crippen molar-refractivity contribution in [1.29, 1.82) is 0 Å². The number of hydrogen-bond donors (Lipinski definition) is 4. The van der Waals surface area contributed by atoms with Crippen molar-refractivity contribution in [2.24, 2.45) is 35.5 Å². The van der Waals surface area contributed by atoms with Gasteiger partial charge in [-0.05, 0) is 11.8 Å². The Bertz CT molecular complexity index is 1060. The van der Waals surface area contributed by atoms with E-state index in [1.165, 1.54) is 13.8 Å². The van der Waals surface area contributed by atoms with E-state index in [4.69, 9.17) is 29.2 Å². The topological polar surface area (TPSA) is 220 Å². The van der Waals surface area contributed by atoms with E-state index >= 15 is 0 Å². The molecule has 3 rings (SSSR count). The van der Waals surface area contributed by atoms with Crippen LogP contribution in [0.4, 0.5) is 0 Å². The maximum atomic E-state index is 11.6. The molecular weight excluding hydrogens is 619 g/mol. The number of aliphatic hydroxyl groups is 4. The van der Waals surface area contributed by atoms with E-state index in [1.54, 1.807) is 21.0 Å². The van der Waals surface area contributed by atoms with Gasteiger partial charge in [0, 0.05) is 58.2 Å². The van der Waals surface area contributed by atoms with Gasteiger partial charge in [-0.3, -0.25) is 28.8 Å². The minimum atomic E-state index is -1.71. The molecule has 0 spiro atoms. The Balaban J connectivity index is 0.